The van der Waals surface area contributed by atoms with Gasteiger partial charge in [0.15, 0.2) is 0 Å². The van der Waals surface area contributed by atoms with Crippen molar-refractivity contribution in [3.63, 3.8) is 0 Å². The first-order valence-corrected chi connectivity index (χ1v) is 11.7. The zero-order valence-electron chi connectivity index (χ0n) is 18.2. The lowest BCUT2D eigenvalue weighted by molar-refractivity contribution is -0.111. The van der Waals surface area contributed by atoms with Crippen molar-refractivity contribution in [1.29, 1.82) is 0 Å². The first kappa shape index (κ1) is 22.4. The Morgan fingerprint density at radius 1 is 1.19 bits per heavy atom. The number of ether oxygens (including phenoxy) is 1. The number of fused-ring (bicyclic) bond motifs is 1. The van der Waals surface area contributed by atoms with Gasteiger partial charge in [0, 0.05) is 28.3 Å². The minimum Gasteiger partial charge on any atom is -0.493 e. The largest absolute Gasteiger partial charge is 0.493 e. The topological polar surface area (TPSA) is 97.6 Å². The van der Waals surface area contributed by atoms with E-state index in [1.807, 2.05) is 33.8 Å². The highest BCUT2D eigenvalue weighted by molar-refractivity contribution is 7.92. The summed E-state index contributed by atoms with van der Waals surface area (Å²) in [7, 11) is -3.40. The van der Waals surface area contributed by atoms with Crippen molar-refractivity contribution in [2.45, 2.75) is 27.7 Å². The van der Waals surface area contributed by atoms with Crippen LogP contribution in [-0.2, 0) is 14.8 Å². The van der Waals surface area contributed by atoms with Crippen LogP contribution in [0.5, 0.6) is 5.75 Å². The molecule has 0 aliphatic carbocycles. The molecule has 0 saturated heterocycles. The standard InChI is InChI=1S/C23H26N2O5S/c1-6-29-22-16(4)23-20(15(3)13-30-23)12-19(22)14(2)10-21(26)24-17-8-7-9-18(11-17)25-31(5,27)28/h7-13,25H,6H2,1-5H3,(H,24,26)/b14-10+. The molecule has 164 valence electrons. The molecule has 3 rings (SSSR count). The summed E-state index contributed by atoms with van der Waals surface area (Å²) in [6.45, 7) is 8.15. The van der Waals surface area contributed by atoms with E-state index in [0.717, 1.165) is 39.5 Å². The van der Waals surface area contributed by atoms with Crippen molar-refractivity contribution in [3.05, 3.63) is 59.4 Å². The Hall–Kier alpha value is -3.26. The zero-order valence-corrected chi connectivity index (χ0v) is 19.0. The normalized spacial score (nSPS) is 12.1. The molecule has 2 aromatic carbocycles. The van der Waals surface area contributed by atoms with Crippen LogP contribution in [-0.4, -0.2) is 27.2 Å². The Morgan fingerprint density at radius 3 is 2.58 bits per heavy atom. The predicted octanol–water partition coefficient (Wildman–Crippen LogP) is 4.86. The third kappa shape index (κ3) is 5.27. The molecule has 31 heavy (non-hydrogen) atoms. The summed E-state index contributed by atoms with van der Waals surface area (Å²) in [6.07, 6.45) is 4.27. The van der Waals surface area contributed by atoms with E-state index in [0.29, 0.717) is 23.7 Å². The maximum atomic E-state index is 12.6. The van der Waals surface area contributed by atoms with Gasteiger partial charge in [-0.3, -0.25) is 9.52 Å². The van der Waals surface area contributed by atoms with Crippen LogP contribution < -0.4 is 14.8 Å². The summed E-state index contributed by atoms with van der Waals surface area (Å²) in [5.41, 5.74) is 5.07. The van der Waals surface area contributed by atoms with Crippen LogP contribution in [0.1, 0.15) is 30.5 Å². The van der Waals surface area contributed by atoms with Crippen LogP contribution in [0.3, 0.4) is 0 Å². The van der Waals surface area contributed by atoms with Crippen molar-refractivity contribution in [2.75, 3.05) is 22.9 Å². The molecule has 0 spiro atoms. The van der Waals surface area contributed by atoms with E-state index in [9.17, 15) is 13.2 Å². The van der Waals surface area contributed by atoms with Gasteiger partial charge in [-0.15, -0.1) is 0 Å². The minimum absolute atomic E-state index is 0.335. The fourth-order valence-electron chi connectivity index (χ4n) is 3.39. The van der Waals surface area contributed by atoms with E-state index >= 15 is 0 Å². The number of aryl methyl sites for hydroxylation is 2. The van der Waals surface area contributed by atoms with E-state index in [1.165, 1.54) is 6.08 Å². The van der Waals surface area contributed by atoms with Gasteiger partial charge in [0.2, 0.25) is 15.9 Å². The summed E-state index contributed by atoms with van der Waals surface area (Å²) in [5.74, 6) is 0.350. The maximum absolute atomic E-state index is 12.6. The van der Waals surface area contributed by atoms with Gasteiger partial charge >= 0.3 is 0 Å². The lowest BCUT2D eigenvalue weighted by Crippen LogP contribution is -2.11. The quantitative estimate of drug-likeness (QED) is 0.509. The number of amides is 1. The van der Waals surface area contributed by atoms with Gasteiger partial charge in [-0.1, -0.05) is 6.07 Å². The van der Waals surface area contributed by atoms with Gasteiger partial charge in [-0.05, 0) is 63.1 Å². The minimum atomic E-state index is -3.40. The number of hydrogen-bond donors (Lipinski definition) is 2. The second-order valence-corrected chi connectivity index (χ2v) is 9.13. The zero-order chi connectivity index (χ0) is 22.8. The monoisotopic (exact) mass is 442 g/mol. The molecule has 0 fully saturated rings. The fraction of sp³-hybridized carbons (Fsp3) is 0.261. The van der Waals surface area contributed by atoms with Gasteiger partial charge in [0.05, 0.1) is 24.8 Å². The predicted molar refractivity (Wildman–Crippen MR) is 124 cm³/mol. The highest BCUT2D eigenvalue weighted by atomic mass is 32.2. The van der Waals surface area contributed by atoms with Crippen molar-refractivity contribution >= 4 is 43.8 Å². The molecule has 1 aromatic heterocycles. The van der Waals surface area contributed by atoms with Gasteiger partial charge in [0.25, 0.3) is 0 Å². The van der Waals surface area contributed by atoms with Crippen molar-refractivity contribution in [3.8, 4) is 5.75 Å². The molecule has 0 saturated carbocycles. The van der Waals surface area contributed by atoms with Crippen molar-refractivity contribution < 1.29 is 22.4 Å². The molecule has 3 aromatic rings. The first-order chi connectivity index (χ1) is 14.6. The van der Waals surface area contributed by atoms with E-state index in [4.69, 9.17) is 9.15 Å². The number of furan rings is 1. The van der Waals surface area contributed by atoms with Gasteiger partial charge in [-0.25, -0.2) is 8.42 Å². The van der Waals surface area contributed by atoms with Crippen molar-refractivity contribution in [1.82, 2.24) is 0 Å². The van der Waals surface area contributed by atoms with Crippen LogP contribution in [0.15, 0.2) is 47.1 Å². The van der Waals surface area contributed by atoms with Crippen LogP contribution in [0.4, 0.5) is 11.4 Å². The first-order valence-electron chi connectivity index (χ1n) is 9.80. The number of benzene rings is 2. The number of rotatable bonds is 7. The molecule has 0 radical (unpaired) electrons. The smallest absolute Gasteiger partial charge is 0.248 e. The van der Waals surface area contributed by atoms with E-state index in [1.54, 1.807) is 30.5 Å². The molecule has 7 nitrogen and oxygen atoms in total. The Balaban J connectivity index is 1.91. The number of hydrogen-bond acceptors (Lipinski definition) is 5. The Labute approximate surface area is 182 Å². The lowest BCUT2D eigenvalue weighted by Gasteiger charge is -2.14. The SMILES string of the molecule is CCOc1c(/C(C)=C/C(=O)Nc2cccc(NS(C)(=O)=O)c2)cc2c(C)coc2c1C. The Morgan fingerprint density at radius 2 is 1.90 bits per heavy atom. The van der Waals surface area contributed by atoms with Crippen LogP contribution >= 0.6 is 0 Å². The summed E-state index contributed by atoms with van der Waals surface area (Å²) in [6, 6.07) is 8.48. The molecular formula is C23H26N2O5S. The molecule has 0 aliphatic rings. The maximum Gasteiger partial charge on any atom is 0.248 e. The van der Waals surface area contributed by atoms with E-state index in [2.05, 4.69) is 10.0 Å². The highest BCUT2D eigenvalue weighted by Gasteiger charge is 2.17. The number of carbonyl (C=O) groups is 1. The molecular weight excluding hydrogens is 416 g/mol. The van der Waals surface area contributed by atoms with E-state index in [-0.39, 0.29) is 5.91 Å². The molecule has 8 heteroatoms. The van der Waals surface area contributed by atoms with Gasteiger partial charge in [-0.2, -0.15) is 0 Å². The van der Waals surface area contributed by atoms with Gasteiger partial charge in [0.1, 0.15) is 11.3 Å². The number of carbonyl (C=O) groups excluding carboxylic acids is 1. The summed E-state index contributed by atoms with van der Waals surface area (Å²) >= 11 is 0. The third-order valence-corrected chi connectivity index (χ3v) is 5.34. The molecule has 0 unspecified atom stereocenters. The molecule has 0 atom stereocenters. The third-order valence-electron chi connectivity index (χ3n) is 4.73. The summed E-state index contributed by atoms with van der Waals surface area (Å²) in [5, 5.41) is 3.74. The van der Waals surface area contributed by atoms with Crippen LogP contribution in [0, 0.1) is 13.8 Å². The average molecular weight is 443 g/mol. The molecule has 0 bridgehead atoms. The Bertz CT molecular complexity index is 1270. The molecule has 2 N–H and O–H groups in total. The summed E-state index contributed by atoms with van der Waals surface area (Å²) in [4.78, 5) is 12.6. The van der Waals surface area contributed by atoms with E-state index < -0.39 is 10.0 Å². The number of allylic oxidation sites excluding steroid dienone is 1. The average Bonchev–Trinajstić information content (AvgIpc) is 3.03. The highest BCUT2D eigenvalue weighted by Crippen LogP contribution is 2.37. The van der Waals surface area contributed by atoms with Crippen LogP contribution in [0.25, 0.3) is 16.5 Å². The second-order valence-electron chi connectivity index (χ2n) is 7.38. The van der Waals surface area contributed by atoms with Gasteiger partial charge < -0.3 is 14.5 Å². The van der Waals surface area contributed by atoms with Crippen molar-refractivity contribution in [2.24, 2.45) is 0 Å². The summed E-state index contributed by atoms with van der Waals surface area (Å²) < 4.78 is 36.8. The second kappa shape index (κ2) is 8.85. The number of sulfonamides is 1. The van der Waals surface area contributed by atoms with Crippen LogP contribution in [0.2, 0.25) is 0 Å². The number of nitrogens with one attached hydrogen (secondary N) is 2. The number of anilines is 2. The molecule has 1 heterocycles. The fourth-order valence-corrected chi connectivity index (χ4v) is 3.94. The Kier molecular flexibility index (Phi) is 6.40. The lowest BCUT2D eigenvalue weighted by atomic mass is 9.98. The molecule has 1 amide bonds. The molecule has 0 aliphatic heterocycles.